The van der Waals surface area contributed by atoms with Crippen molar-refractivity contribution in [3.8, 4) is 0 Å². The van der Waals surface area contributed by atoms with Gasteiger partial charge in [0.1, 0.15) is 0 Å². The van der Waals surface area contributed by atoms with E-state index in [9.17, 15) is 0 Å². The largest absolute Gasteiger partial charge is 0.383 e. The Kier molecular flexibility index (Phi) is 5.75. The van der Waals surface area contributed by atoms with Crippen molar-refractivity contribution in [2.45, 2.75) is 32.1 Å². The third-order valence-corrected chi connectivity index (χ3v) is 4.32. The van der Waals surface area contributed by atoms with Gasteiger partial charge in [0.25, 0.3) is 0 Å². The summed E-state index contributed by atoms with van der Waals surface area (Å²) in [5.74, 6) is 0.995. The molecular formula is C14H28N2O. The molecule has 0 amide bonds. The average molecular weight is 240 g/mol. The van der Waals surface area contributed by atoms with Crippen molar-refractivity contribution in [2.24, 2.45) is 5.92 Å². The van der Waals surface area contributed by atoms with Crippen molar-refractivity contribution in [3.05, 3.63) is 0 Å². The third kappa shape index (κ3) is 4.57. The summed E-state index contributed by atoms with van der Waals surface area (Å²) in [6.45, 7) is 8.33. The highest BCUT2D eigenvalue weighted by atomic mass is 16.5. The van der Waals surface area contributed by atoms with Crippen LogP contribution in [0.4, 0.5) is 0 Å². The van der Waals surface area contributed by atoms with Gasteiger partial charge in [0.2, 0.25) is 0 Å². The van der Waals surface area contributed by atoms with Gasteiger partial charge in [0, 0.05) is 46.4 Å². The van der Waals surface area contributed by atoms with Gasteiger partial charge in [0.05, 0.1) is 6.61 Å². The molecule has 1 aliphatic carbocycles. The SMILES string of the molecule is COCCN1CCN(CC2CCCCC2)CC1. The maximum Gasteiger partial charge on any atom is 0.0589 e. The van der Waals surface area contributed by atoms with Crippen LogP contribution in [0.3, 0.4) is 0 Å². The zero-order chi connectivity index (χ0) is 11.9. The predicted octanol–water partition coefficient (Wildman–Crippen LogP) is 1.83. The van der Waals surface area contributed by atoms with E-state index in [0.717, 1.165) is 19.1 Å². The monoisotopic (exact) mass is 240 g/mol. The standard InChI is InChI=1S/C14H28N2O/c1-17-12-11-15-7-9-16(10-8-15)13-14-5-3-2-4-6-14/h14H,2-13H2,1H3. The molecule has 0 radical (unpaired) electrons. The molecule has 0 aromatic rings. The lowest BCUT2D eigenvalue weighted by Gasteiger charge is -2.37. The highest BCUT2D eigenvalue weighted by Gasteiger charge is 2.21. The van der Waals surface area contributed by atoms with Gasteiger partial charge in [-0.2, -0.15) is 0 Å². The summed E-state index contributed by atoms with van der Waals surface area (Å²) < 4.78 is 5.14. The molecule has 0 spiro atoms. The number of rotatable bonds is 5. The van der Waals surface area contributed by atoms with E-state index < -0.39 is 0 Å². The summed E-state index contributed by atoms with van der Waals surface area (Å²) in [4.78, 5) is 5.21. The van der Waals surface area contributed by atoms with E-state index in [-0.39, 0.29) is 0 Å². The number of hydrogen-bond acceptors (Lipinski definition) is 3. The summed E-state index contributed by atoms with van der Waals surface area (Å²) in [6.07, 6.45) is 7.37. The second kappa shape index (κ2) is 7.34. The second-order valence-electron chi connectivity index (χ2n) is 5.64. The molecular weight excluding hydrogens is 212 g/mol. The minimum atomic E-state index is 0.878. The first kappa shape index (κ1) is 13.3. The molecule has 0 atom stereocenters. The average Bonchev–Trinajstić information content (AvgIpc) is 2.39. The van der Waals surface area contributed by atoms with Gasteiger partial charge in [-0.3, -0.25) is 4.90 Å². The number of ether oxygens (including phenoxy) is 1. The van der Waals surface area contributed by atoms with Crippen molar-refractivity contribution < 1.29 is 4.74 Å². The molecule has 0 aromatic carbocycles. The van der Waals surface area contributed by atoms with E-state index in [1.165, 1.54) is 64.8 Å². The van der Waals surface area contributed by atoms with E-state index in [0.29, 0.717) is 0 Å². The maximum absolute atomic E-state index is 5.14. The Morgan fingerprint density at radius 3 is 2.24 bits per heavy atom. The van der Waals surface area contributed by atoms with Crippen LogP contribution in [0.15, 0.2) is 0 Å². The molecule has 2 aliphatic rings. The molecule has 0 aromatic heterocycles. The third-order valence-electron chi connectivity index (χ3n) is 4.32. The van der Waals surface area contributed by atoms with E-state index >= 15 is 0 Å². The molecule has 2 rings (SSSR count). The molecule has 1 saturated carbocycles. The van der Waals surface area contributed by atoms with Gasteiger partial charge in [-0.05, 0) is 18.8 Å². The van der Waals surface area contributed by atoms with Crippen LogP contribution in [-0.2, 0) is 4.74 Å². The number of hydrogen-bond donors (Lipinski definition) is 0. The zero-order valence-corrected chi connectivity index (χ0v) is 11.4. The second-order valence-corrected chi connectivity index (χ2v) is 5.64. The van der Waals surface area contributed by atoms with Crippen molar-refractivity contribution in [2.75, 3.05) is 53.0 Å². The Balaban J connectivity index is 1.61. The fourth-order valence-corrected chi connectivity index (χ4v) is 3.15. The molecule has 3 nitrogen and oxygen atoms in total. The normalized spacial score (nSPS) is 25.2. The molecule has 2 fully saturated rings. The molecule has 0 N–H and O–H groups in total. The molecule has 17 heavy (non-hydrogen) atoms. The first-order valence-corrected chi connectivity index (χ1v) is 7.32. The van der Waals surface area contributed by atoms with Gasteiger partial charge in [0.15, 0.2) is 0 Å². The van der Waals surface area contributed by atoms with Crippen LogP contribution < -0.4 is 0 Å². The zero-order valence-electron chi connectivity index (χ0n) is 11.4. The first-order valence-electron chi connectivity index (χ1n) is 7.32. The number of piperazine rings is 1. The van der Waals surface area contributed by atoms with Crippen LogP contribution in [-0.4, -0.2) is 62.8 Å². The highest BCUT2D eigenvalue weighted by Crippen LogP contribution is 2.24. The minimum absolute atomic E-state index is 0.878. The Morgan fingerprint density at radius 1 is 0.941 bits per heavy atom. The summed E-state index contributed by atoms with van der Waals surface area (Å²) in [5, 5.41) is 0. The summed E-state index contributed by atoms with van der Waals surface area (Å²) in [6, 6.07) is 0. The quantitative estimate of drug-likeness (QED) is 0.729. The van der Waals surface area contributed by atoms with Crippen LogP contribution in [0.1, 0.15) is 32.1 Å². The molecule has 1 aliphatic heterocycles. The lowest BCUT2D eigenvalue weighted by atomic mass is 9.89. The van der Waals surface area contributed by atoms with E-state index in [1.54, 1.807) is 7.11 Å². The van der Waals surface area contributed by atoms with Crippen LogP contribution >= 0.6 is 0 Å². The Morgan fingerprint density at radius 2 is 1.59 bits per heavy atom. The summed E-state index contributed by atoms with van der Waals surface area (Å²) in [5.41, 5.74) is 0. The van der Waals surface area contributed by atoms with Gasteiger partial charge in [-0.15, -0.1) is 0 Å². The van der Waals surface area contributed by atoms with Crippen LogP contribution in [0.2, 0.25) is 0 Å². The van der Waals surface area contributed by atoms with Crippen LogP contribution in [0.5, 0.6) is 0 Å². The Hall–Kier alpha value is -0.120. The summed E-state index contributed by atoms with van der Waals surface area (Å²) in [7, 11) is 1.79. The number of nitrogens with zero attached hydrogens (tertiary/aromatic N) is 2. The number of methoxy groups -OCH3 is 1. The molecule has 1 heterocycles. The van der Waals surface area contributed by atoms with Gasteiger partial charge in [-0.1, -0.05) is 19.3 Å². The highest BCUT2D eigenvalue weighted by molar-refractivity contribution is 4.76. The van der Waals surface area contributed by atoms with Crippen molar-refractivity contribution in [1.29, 1.82) is 0 Å². The first-order chi connectivity index (χ1) is 8.38. The predicted molar refractivity (Wildman–Crippen MR) is 71.3 cm³/mol. The van der Waals surface area contributed by atoms with Gasteiger partial charge in [-0.25, -0.2) is 0 Å². The molecule has 100 valence electrons. The van der Waals surface area contributed by atoms with Crippen LogP contribution in [0.25, 0.3) is 0 Å². The maximum atomic E-state index is 5.14. The molecule has 1 saturated heterocycles. The smallest absolute Gasteiger partial charge is 0.0589 e. The fraction of sp³-hybridized carbons (Fsp3) is 1.00. The Labute approximate surface area is 106 Å². The lowest BCUT2D eigenvalue weighted by molar-refractivity contribution is 0.0847. The fourth-order valence-electron chi connectivity index (χ4n) is 3.15. The lowest BCUT2D eigenvalue weighted by Crippen LogP contribution is -2.48. The van der Waals surface area contributed by atoms with Crippen molar-refractivity contribution in [3.63, 3.8) is 0 Å². The van der Waals surface area contributed by atoms with Gasteiger partial charge >= 0.3 is 0 Å². The van der Waals surface area contributed by atoms with E-state index in [4.69, 9.17) is 4.74 Å². The van der Waals surface area contributed by atoms with Gasteiger partial charge < -0.3 is 9.64 Å². The summed E-state index contributed by atoms with van der Waals surface area (Å²) >= 11 is 0. The van der Waals surface area contributed by atoms with Crippen molar-refractivity contribution >= 4 is 0 Å². The van der Waals surface area contributed by atoms with Crippen LogP contribution in [0, 0.1) is 5.92 Å². The van der Waals surface area contributed by atoms with E-state index in [1.807, 2.05) is 0 Å². The topological polar surface area (TPSA) is 15.7 Å². The molecule has 0 bridgehead atoms. The molecule has 3 heteroatoms. The molecule has 0 unspecified atom stereocenters. The Bertz CT molecular complexity index is 196. The van der Waals surface area contributed by atoms with E-state index in [2.05, 4.69) is 9.80 Å². The van der Waals surface area contributed by atoms with Crippen molar-refractivity contribution in [1.82, 2.24) is 9.80 Å². The minimum Gasteiger partial charge on any atom is -0.383 e.